The molecule has 0 spiro atoms. The molecule has 0 aliphatic heterocycles. The van der Waals surface area contributed by atoms with E-state index >= 15 is 0 Å². The normalized spacial score (nSPS) is 11.0. The van der Waals surface area contributed by atoms with Crippen LogP contribution in [-0.2, 0) is 19.1 Å². The van der Waals surface area contributed by atoms with Gasteiger partial charge in [-0.1, -0.05) is 37.9 Å². The van der Waals surface area contributed by atoms with Crippen LogP contribution in [0.5, 0.6) is 5.75 Å². The Morgan fingerprint density at radius 3 is 1.88 bits per heavy atom. The molecule has 1 aromatic carbocycles. The minimum Gasteiger partial charge on any atom is -0.482 e. The van der Waals surface area contributed by atoms with Gasteiger partial charge in [0.05, 0.1) is 0 Å². The first-order valence-corrected chi connectivity index (χ1v) is 9.62. The van der Waals surface area contributed by atoms with E-state index in [0.717, 1.165) is 4.47 Å². The van der Waals surface area contributed by atoms with Gasteiger partial charge in [-0.3, -0.25) is 4.79 Å². The van der Waals surface area contributed by atoms with Gasteiger partial charge >= 0.3 is 11.9 Å². The summed E-state index contributed by atoms with van der Waals surface area (Å²) in [5, 5.41) is 0.268. The van der Waals surface area contributed by atoms with E-state index in [1.807, 2.05) is 53.7 Å². The summed E-state index contributed by atoms with van der Waals surface area (Å²) in [5.74, 6) is 0.0511. The van der Waals surface area contributed by atoms with Crippen molar-refractivity contribution in [3.63, 3.8) is 0 Å². The van der Waals surface area contributed by atoms with Gasteiger partial charge in [0.1, 0.15) is 22.3 Å². The molecule has 0 aromatic heterocycles. The molecule has 0 unspecified atom stereocenters. The third-order valence-corrected chi connectivity index (χ3v) is 3.05. The summed E-state index contributed by atoms with van der Waals surface area (Å²) in [7, 11) is 0. The number of hydrogen-bond donors (Lipinski definition) is 0. The molecule has 142 valence electrons. The fourth-order valence-corrected chi connectivity index (χ4v) is 1.93. The van der Waals surface area contributed by atoms with Crippen LogP contribution in [0.25, 0.3) is 0 Å². The predicted molar refractivity (Wildman–Crippen MR) is 105 cm³/mol. The standard InChI is InChI=1S/C12H15BrO3.C6H11BrO2/c1-12(2,3)16-11(14)8-15-10-6-4-5-9(13)7-10;1-6(2,3)9-5(8)4-7/h4-7H,8H2,1-3H3;4H2,1-3H3. The van der Waals surface area contributed by atoms with E-state index in [4.69, 9.17) is 14.2 Å². The monoisotopic (exact) mass is 480 g/mol. The van der Waals surface area contributed by atoms with Gasteiger partial charge in [0.2, 0.25) is 0 Å². The summed E-state index contributed by atoms with van der Waals surface area (Å²) < 4.78 is 16.2. The molecular formula is C18H26Br2O5. The molecule has 0 saturated heterocycles. The van der Waals surface area contributed by atoms with Gasteiger partial charge in [-0.2, -0.15) is 0 Å². The molecule has 5 nitrogen and oxygen atoms in total. The quantitative estimate of drug-likeness (QED) is 0.452. The first-order chi connectivity index (χ1) is 11.3. The third kappa shape index (κ3) is 14.9. The zero-order valence-electron chi connectivity index (χ0n) is 15.5. The van der Waals surface area contributed by atoms with E-state index in [9.17, 15) is 9.59 Å². The number of hydrogen-bond acceptors (Lipinski definition) is 5. The number of benzene rings is 1. The Bertz CT molecular complexity index is 559. The Hall–Kier alpha value is -1.08. The molecular weight excluding hydrogens is 456 g/mol. The largest absolute Gasteiger partial charge is 0.482 e. The van der Waals surface area contributed by atoms with Crippen LogP contribution in [0.3, 0.4) is 0 Å². The average molecular weight is 482 g/mol. The lowest BCUT2D eigenvalue weighted by Crippen LogP contribution is -2.27. The molecule has 0 amide bonds. The van der Waals surface area contributed by atoms with Crippen LogP contribution in [0.2, 0.25) is 0 Å². The molecule has 0 bridgehead atoms. The highest BCUT2D eigenvalue weighted by molar-refractivity contribution is 9.10. The first kappa shape index (κ1) is 23.9. The minimum absolute atomic E-state index is 0.0757. The van der Waals surface area contributed by atoms with Crippen LogP contribution in [-0.4, -0.2) is 35.1 Å². The SMILES string of the molecule is CC(C)(C)OC(=O)CBr.CC(C)(C)OC(=O)COc1cccc(Br)c1. The Kier molecular flexibility index (Phi) is 10.3. The zero-order chi connectivity index (χ0) is 19.7. The Labute approximate surface area is 166 Å². The topological polar surface area (TPSA) is 61.8 Å². The number of esters is 2. The van der Waals surface area contributed by atoms with Crippen LogP contribution >= 0.6 is 31.9 Å². The molecule has 0 atom stereocenters. The second-order valence-electron chi connectivity index (χ2n) is 7.05. The van der Waals surface area contributed by atoms with Gasteiger partial charge in [0.25, 0.3) is 0 Å². The summed E-state index contributed by atoms with van der Waals surface area (Å²) in [6, 6.07) is 7.31. The highest BCUT2D eigenvalue weighted by Crippen LogP contribution is 2.18. The van der Waals surface area contributed by atoms with E-state index in [-0.39, 0.29) is 29.5 Å². The van der Waals surface area contributed by atoms with Crippen molar-refractivity contribution in [3.05, 3.63) is 28.7 Å². The van der Waals surface area contributed by atoms with E-state index in [2.05, 4.69) is 31.9 Å². The lowest BCUT2D eigenvalue weighted by molar-refractivity contribution is -0.157. The fraction of sp³-hybridized carbons (Fsp3) is 0.556. The highest BCUT2D eigenvalue weighted by Gasteiger charge is 2.16. The van der Waals surface area contributed by atoms with Gasteiger partial charge in [0, 0.05) is 4.47 Å². The van der Waals surface area contributed by atoms with Gasteiger partial charge in [-0.25, -0.2) is 4.79 Å². The lowest BCUT2D eigenvalue weighted by atomic mass is 10.2. The van der Waals surface area contributed by atoms with Crippen molar-refractivity contribution in [2.24, 2.45) is 0 Å². The summed E-state index contributed by atoms with van der Waals surface area (Å²) in [6.45, 7) is 10.9. The first-order valence-electron chi connectivity index (χ1n) is 7.70. The molecule has 0 radical (unpaired) electrons. The summed E-state index contributed by atoms with van der Waals surface area (Å²) in [6.07, 6.45) is 0. The molecule has 0 aliphatic carbocycles. The Morgan fingerprint density at radius 1 is 0.960 bits per heavy atom. The molecule has 0 fully saturated rings. The Balaban J connectivity index is 0.000000547. The molecule has 0 heterocycles. The number of alkyl halides is 1. The van der Waals surface area contributed by atoms with Crippen molar-refractivity contribution in [1.29, 1.82) is 0 Å². The number of carbonyl (C=O) groups is 2. The lowest BCUT2D eigenvalue weighted by Gasteiger charge is -2.19. The smallest absolute Gasteiger partial charge is 0.344 e. The molecule has 7 heteroatoms. The summed E-state index contributed by atoms with van der Waals surface area (Å²) >= 11 is 6.31. The predicted octanol–water partition coefficient (Wildman–Crippen LogP) is 4.89. The highest BCUT2D eigenvalue weighted by atomic mass is 79.9. The van der Waals surface area contributed by atoms with Crippen molar-refractivity contribution in [2.75, 3.05) is 11.9 Å². The van der Waals surface area contributed by atoms with Gasteiger partial charge in [-0.15, -0.1) is 0 Å². The molecule has 0 aliphatic rings. The Morgan fingerprint density at radius 2 is 1.48 bits per heavy atom. The zero-order valence-corrected chi connectivity index (χ0v) is 18.7. The number of carbonyl (C=O) groups excluding carboxylic acids is 2. The van der Waals surface area contributed by atoms with Crippen LogP contribution in [0, 0.1) is 0 Å². The molecule has 0 N–H and O–H groups in total. The van der Waals surface area contributed by atoms with Crippen LogP contribution in [0.4, 0.5) is 0 Å². The van der Waals surface area contributed by atoms with E-state index < -0.39 is 5.60 Å². The fourth-order valence-electron chi connectivity index (χ4n) is 1.44. The van der Waals surface area contributed by atoms with Crippen molar-refractivity contribution >= 4 is 43.8 Å². The average Bonchev–Trinajstić information content (AvgIpc) is 2.42. The summed E-state index contributed by atoms with van der Waals surface area (Å²) in [5.41, 5.74) is -0.831. The number of rotatable bonds is 4. The molecule has 1 rings (SSSR count). The van der Waals surface area contributed by atoms with Gasteiger partial charge in [-0.05, 0) is 59.7 Å². The van der Waals surface area contributed by atoms with Crippen molar-refractivity contribution in [3.8, 4) is 5.75 Å². The van der Waals surface area contributed by atoms with Crippen LogP contribution in [0.15, 0.2) is 28.7 Å². The van der Waals surface area contributed by atoms with Crippen LogP contribution in [0.1, 0.15) is 41.5 Å². The minimum atomic E-state index is -0.474. The maximum Gasteiger partial charge on any atom is 0.344 e. The maximum absolute atomic E-state index is 11.4. The number of halogens is 2. The van der Waals surface area contributed by atoms with Gasteiger partial charge < -0.3 is 14.2 Å². The van der Waals surface area contributed by atoms with E-state index in [1.165, 1.54) is 0 Å². The number of ether oxygens (including phenoxy) is 3. The second kappa shape index (κ2) is 10.8. The molecule has 0 saturated carbocycles. The second-order valence-corrected chi connectivity index (χ2v) is 8.53. The van der Waals surface area contributed by atoms with Crippen LogP contribution < -0.4 is 4.74 Å². The maximum atomic E-state index is 11.4. The van der Waals surface area contributed by atoms with E-state index in [0.29, 0.717) is 5.75 Å². The van der Waals surface area contributed by atoms with Crippen molar-refractivity contribution < 1.29 is 23.8 Å². The molecule has 25 heavy (non-hydrogen) atoms. The van der Waals surface area contributed by atoms with Crippen molar-refractivity contribution in [1.82, 2.24) is 0 Å². The van der Waals surface area contributed by atoms with Crippen molar-refractivity contribution in [2.45, 2.75) is 52.7 Å². The van der Waals surface area contributed by atoms with E-state index in [1.54, 1.807) is 12.1 Å². The summed E-state index contributed by atoms with van der Waals surface area (Å²) in [4.78, 5) is 21.9. The molecule has 1 aromatic rings. The van der Waals surface area contributed by atoms with Gasteiger partial charge in [0.15, 0.2) is 6.61 Å². The third-order valence-electron chi connectivity index (χ3n) is 2.10.